The molecule has 0 saturated heterocycles. The molecule has 35 heavy (non-hydrogen) atoms. The van der Waals surface area contributed by atoms with Gasteiger partial charge in [-0.05, 0) is 56.7 Å². The Hall–Kier alpha value is -3.08. The van der Waals surface area contributed by atoms with Crippen LogP contribution < -0.4 is 20.1 Å². The van der Waals surface area contributed by atoms with Gasteiger partial charge in [-0.2, -0.15) is 0 Å². The Morgan fingerprint density at radius 2 is 1.74 bits per heavy atom. The molecule has 0 aliphatic heterocycles. The fourth-order valence-corrected chi connectivity index (χ4v) is 4.78. The number of carbonyl (C=O) groups is 2. The summed E-state index contributed by atoms with van der Waals surface area (Å²) in [6.45, 7) is -0.282. The van der Waals surface area contributed by atoms with Gasteiger partial charge in [0.25, 0.3) is 5.91 Å². The quantitative estimate of drug-likeness (QED) is 0.507. The van der Waals surface area contributed by atoms with Crippen molar-refractivity contribution in [1.82, 2.24) is 10.3 Å². The molecule has 3 aliphatic rings. The summed E-state index contributed by atoms with van der Waals surface area (Å²) in [4.78, 5) is 29.0. The molecule has 1 aromatic carbocycles. The number of aromatic nitrogens is 1. The third kappa shape index (κ3) is 5.95. The minimum Gasteiger partial charge on any atom is -0.484 e. The molecular formula is C23H22ClF4N3O4. The topological polar surface area (TPSA) is 89.5 Å². The van der Waals surface area contributed by atoms with Crippen LogP contribution in [0.15, 0.2) is 36.5 Å². The summed E-state index contributed by atoms with van der Waals surface area (Å²) in [5, 5.41) is 5.71. The van der Waals surface area contributed by atoms with E-state index in [0.717, 1.165) is 18.3 Å². The summed E-state index contributed by atoms with van der Waals surface area (Å²) in [5.74, 6) is -1.63. The first-order chi connectivity index (χ1) is 16.5. The third-order valence-corrected chi connectivity index (χ3v) is 6.91. The van der Waals surface area contributed by atoms with Gasteiger partial charge in [0, 0.05) is 23.1 Å². The largest absolute Gasteiger partial charge is 0.574 e. The minimum absolute atomic E-state index is 0.0404. The predicted molar refractivity (Wildman–Crippen MR) is 117 cm³/mol. The van der Waals surface area contributed by atoms with Crippen molar-refractivity contribution in [2.24, 2.45) is 5.41 Å². The molecule has 1 aromatic heterocycles. The summed E-state index contributed by atoms with van der Waals surface area (Å²) in [6.07, 6.45) is -0.308. The fraction of sp³-hybridized carbons (Fsp3) is 0.435. The molecule has 2 aromatic rings. The second kappa shape index (κ2) is 9.52. The van der Waals surface area contributed by atoms with Crippen molar-refractivity contribution in [3.05, 3.63) is 47.4 Å². The van der Waals surface area contributed by atoms with E-state index >= 15 is 0 Å². The van der Waals surface area contributed by atoms with E-state index in [9.17, 15) is 27.2 Å². The number of benzene rings is 1. The van der Waals surface area contributed by atoms with Crippen LogP contribution >= 0.6 is 11.6 Å². The second-order valence-electron chi connectivity index (χ2n) is 8.86. The first kappa shape index (κ1) is 25.0. The maximum absolute atomic E-state index is 13.5. The summed E-state index contributed by atoms with van der Waals surface area (Å²) in [6, 6.07) is 6.25. The lowest BCUT2D eigenvalue weighted by atomic mass is 9.57. The average Bonchev–Trinajstić information content (AvgIpc) is 2.81. The lowest BCUT2D eigenvalue weighted by molar-refractivity contribution is -0.276. The summed E-state index contributed by atoms with van der Waals surface area (Å²) in [5.41, 5.74) is -0.790. The van der Waals surface area contributed by atoms with Crippen LogP contribution in [-0.4, -0.2) is 35.3 Å². The van der Waals surface area contributed by atoms with E-state index in [-0.39, 0.29) is 34.9 Å². The van der Waals surface area contributed by atoms with E-state index in [1.54, 1.807) is 0 Å². The highest BCUT2D eigenvalue weighted by molar-refractivity contribution is 6.30. The van der Waals surface area contributed by atoms with Gasteiger partial charge in [0.15, 0.2) is 6.61 Å². The molecule has 5 rings (SSSR count). The number of alkyl halides is 3. The molecular weight excluding hydrogens is 494 g/mol. The number of pyridine rings is 1. The van der Waals surface area contributed by atoms with E-state index in [0.29, 0.717) is 38.5 Å². The highest BCUT2D eigenvalue weighted by Crippen LogP contribution is 2.52. The van der Waals surface area contributed by atoms with Crippen LogP contribution in [0.2, 0.25) is 5.02 Å². The van der Waals surface area contributed by atoms with Gasteiger partial charge in [0.2, 0.25) is 11.8 Å². The van der Waals surface area contributed by atoms with Gasteiger partial charge in [0.05, 0.1) is 16.9 Å². The Kier molecular flexibility index (Phi) is 6.81. The molecule has 0 spiro atoms. The number of nitrogens with one attached hydrogen (secondary N) is 2. The number of halogens is 5. The van der Waals surface area contributed by atoms with Crippen molar-refractivity contribution >= 4 is 29.1 Å². The number of rotatable bonds is 7. The van der Waals surface area contributed by atoms with Crippen molar-refractivity contribution in [3.8, 4) is 11.6 Å². The van der Waals surface area contributed by atoms with E-state index in [1.165, 1.54) is 18.2 Å². The fourth-order valence-electron chi connectivity index (χ4n) is 4.66. The SMILES string of the molecule is O=C(COc1ccc(Cl)c(F)c1)NC12CCC(C(=O)Nc3ccc(OC(F)(F)F)nc3)(CC1)CC2. The predicted octanol–water partition coefficient (Wildman–Crippen LogP) is 5.00. The van der Waals surface area contributed by atoms with E-state index in [2.05, 4.69) is 20.4 Å². The number of nitrogens with zero attached hydrogens (tertiary/aromatic N) is 1. The highest BCUT2D eigenvalue weighted by atomic mass is 35.5. The molecule has 1 heterocycles. The molecule has 7 nitrogen and oxygen atoms in total. The van der Waals surface area contributed by atoms with Crippen molar-refractivity contribution in [2.45, 2.75) is 50.4 Å². The molecule has 0 atom stereocenters. The number of fused-ring (bicyclic) bond motifs is 3. The van der Waals surface area contributed by atoms with Gasteiger partial charge in [-0.25, -0.2) is 9.37 Å². The lowest BCUT2D eigenvalue weighted by Crippen LogP contribution is -2.59. The van der Waals surface area contributed by atoms with E-state index < -0.39 is 29.0 Å². The van der Waals surface area contributed by atoms with Crippen LogP contribution in [0, 0.1) is 11.2 Å². The summed E-state index contributed by atoms with van der Waals surface area (Å²) >= 11 is 5.64. The average molecular weight is 516 g/mol. The zero-order valence-electron chi connectivity index (χ0n) is 18.4. The van der Waals surface area contributed by atoms with Gasteiger partial charge in [-0.1, -0.05) is 11.6 Å². The standard InChI is InChI=1S/C23H22ClF4N3O4/c24-16-3-2-15(11-17(16)25)34-13-18(32)31-22-8-5-21(6-9-22,7-10-22)20(33)30-14-1-4-19(29-12-14)35-23(26,27)28/h1-4,11-12H,5-10,13H2,(H,30,33)(H,31,32). The van der Waals surface area contributed by atoms with Crippen molar-refractivity contribution < 1.29 is 36.6 Å². The Bertz CT molecular complexity index is 1090. The smallest absolute Gasteiger partial charge is 0.484 e. The monoisotopic (exact) mass is 515 g/mol. The van der Waals surface area contributed by atoms with Gasteiger partial charge in [-0.3, -0.25) is 9.59 Å². The minimum atomic E-state index is -4.84. The zero-order chi connectivity index (χ0) is 25.3. The number of hydrogen-bond donors (Lipinski definition) is 2. The van der Waals surface area contributed by atoms with Gasteiger partial charge in [0.1, 0.15) is 11.6 Å². The molecule has 2 bridgehead atoms. The van der Waals surface area contributed by atoms with Crippen molar-refractivity contribution in [2.75, 3.05) is 11.9 Å². The van der Waals surface area contributed by atoms with E-state index in [4.69, 9.17) is 16.3 Å². The first-order valence-electron chi connectivity index (χ1n) is 10.9. The van der Waals surface area contributed by atoms with Crippen LogP contribution in [0.3, 0.4) is 0 Å². The lowest BCUT2D eigenvalue weighted by Gasteiger charge is -2.52. The normalized spacial score (nSPS) is 23.5. The molecule has 0 unspecified atom stereocenters. The number of ether oxygens (including phenoxy) is 2. The molecule has 3 saturated carbocycles. The van der Waals surface area contributed by atoms with E-state index in [1.807, 2.05) is 0 Å². The number of anilines is 1. The molecule has 2 amide bonds. The molecule has 188 valence electrons. The van der Waals surface area contributed by atoms with Crippen LogP contribution in [0.1, 0.15) is 38.5 Å². The van der Waals surface area contributed by atoms with Crippen molar-refractivity contribution in [1.29, 1.82) is 0 Å². The Morgan fingerprint density at radius 1 is 1.06 bits per heavy atom. The summed E-state index contributed by atoms with van der Waals surface area (Å²) in [7, 11) is 0. The highest BCUT2D eigenvalue weighted by Gasteiger charge is 2.52. The maximum atomic E-state index is 13.5. The molecule has 12 heteroatoms. The Morgan fingerprint density at radius 3 is 2.31 bits per heavy atom. The second-order valence-corrected chi connectivity index (χ2v) is 9.27. The Balaban J connectivity index is 1.28. The number of carbonyl (C=O) groups excluding carboxylic acids is 2. The van der Waals surface area contributed by atoms with Crippen LogP contribution in [0.4, 0.5) is 23.2 Å². The number of amides is 2. The zero-order valence-corrected chi connectivity index (χ0v) is 19.1. The number of hydrogen-bond acceptors (Lipinski definition) is 5. The van der Waals surface area contributed by atoms with Gasteiger partial charge < -0.3 is 20.1 Å². The van der Waals surface area contributed by atoms with Crippen LogP contribution in [0.25, 0.3) is 0 Å². The van der Waals surface area contributed by atoms with Gasteiger partial charge in [-0.15, -0.1) is 13.2 Å². The van der Waals surface area contributed by atoms with Crippen LogP contribution in [-0.2, 0) is 9.59 Å². The molecule has 3 aliphatic carbocycles. The molecule has 3 fully saturated rings. The third-order valence-electron chi connectivity index (χ3n) is 6.61. The first-order valence-corrected chi connectivity index (χ1v) is 11.3. The van der Waals surface area contributed by atoms with Crippen LogP contribution in [0.5, 0.6) is 11.6 Å². The van der Waals surface area contributed by atoms with Gasteiger partial charge >= 0.3 is 6.36 Å². The maximum Gasteiger partial charge on any atom is 0.574 e. The molecule has 0 radical (unpaired) electrons. The summed E-state index contributed by atoms with van der Waals surface area (Å²) < 4.78 is 59.4. The Labute approximate surface area is 203 Å². The molecule has 2 N–H and O–H groups in total. The van der Waals surface area contributed by atoms with Crippen molar-refractivity contribution in [3.63, 3.8) is 0 Å².